The van der Waals surface area contributed by atoms with E-state index in [9.17, 15) is 5.11 Å². The Bertz CT molecular complexity index is 907. The van der Waals surface area contributed by atoms with Crippen molar-refractivity contribution < 1.29 is 9.84 Å². The Morgan fingerprint density at radius 3 is 2.02 bits per heavy atom. The van der Waals surface area contributed by atoms with Crippen molar-refractivity contribution in [1.82, 2.24) is 0 Å². The zero-order chi connectivity index (χ0) is 31.0. The van der Waals surface area contributed by atoms with Crippen molar-refractivity contribution in [3.05, 3.63) is 0 Å². The highest BCUT2D eigenvalue weighted by Gasteiger charge is 2.72. The summed E-state index contributed by atoms with van der Waals surface area (Å²) >= 11 is 0. The number of aliphatic hydroxyl groups is 1. The van der Waals surface area contributed by atoms with Gasteiger partial charge in [-0.05, 0) is 138 Å². The molecule has 0 spiro atoms. The van der Waals surface area contributed by atoms with E-state index in [0.29, 0.717) is 28.3 Å². The van der Waals surface area contributed by atoms with E-state index in [0.717, 1.165) is 83.4 Å². The molecule has 0 aromatic carbocycles. The van der Waals surface area contributed by atoms with Gasteiger partial charge in [0.2, 0.25) is 0 Å². The summed E-state index contributed by atoms with van der Waals surface area (Å²) < 4.78 is 5.51. The second-order valence-corrected chi connectivity index (χ2v) is 18.4. The van der Waals surface area contributed by atoms with E-state index in [1.165, 1.54) is 25.7 Å². The summed E-state index contributed by atoms with van der Waals surface area (Å²) in [5.74, 6) is 10.2. The number of rotatable bonds is 7. The predicted molar refractivity (Wildman–Crippen MR) is 175 cm³/mol. The smallest absolute Gasteiger partial charge is 0.151 e. The Kier molecular flexibility index (Phi) is 9.38. The topological polar surface area (TPSA) is 29.5 Å². The molecule has 0 amide bonds. The molecule has 0 aliphatic heterocycles. The van der Waals surface area contributed by atoms with Crippen molar-refractivity contribution in [2.45, 2.75) is 142 Å². The van der Waals surface area contributed by atoms with Gasteiger partial charge in [0, 0.05) is 6.61 Å². The fourth-order valence-electron chi connectivity index (χ4n) is 14.6. The third-order valence-electron chi connectivity index (χ3n) is 16.7. The first-order chi connectivity index (χ1) is 18.8. The summed E-state index contributed by atoms with van der Waals surface area (Å²) in [6.45, 7) is 39.6. The zero-order valence-electron chi connectivity index (χ0n) is 30.2. The molecule has 16 unspecified atom stereocenters. The minimum Gasteiger partial charge on any atom is -0.368 e. The molecule has 240 valence electrons. The highest BCUT2D eigenvalue weighted by atomic mass is 16.6. The normalized spacial score (nSPS) is 52.9. The lowest BCUT2D eigenvalue weighted by molar-refractivity contribution is -0.292. The van der Waals surface area contributed by atoms with E-state index in [1.807, 2.05) is 0 Å². The van der Waals surface area contributed by atoms with Crippen molar-refractivity contribution in [3.63, 3.8) is 0 Å². The van der Waals surface area contributed by atoms with E-state index in [2.05, 4.69) is 96.9 Å². The van der Waals surface area contributed by atoms with Crippen LogP contribution < -0.4 is 0 Å². The molecule has 2 nitrogen and oxygen atoms in total. The second kappa shape index (κ2) is 11.4. The van der Waals surface area contributed by atoms with Crippen LogP contribution in [0.1, 0.15) is 136 Å². The van der Waals surface area contributed by atoms with Gasteiger partial charge in [-0.1, -0.05) is 96.9 Å². The highest BCUT2D eigenvalue weighted by molar-refractivity contribution is 5.20. The lowest BCUT2D eigenvalue weighted by atomic mass is 9.28. The van der Waals surface area contributed by atoms with Gasteiger partial charge in [-0.25, -0.2) is 0 Å². The monoisotopic (exact) mass is 573 g/mol. The number of hydrogen-bond acceptors (Lipinski definition) is 2. The van der Waals surface area contributed by atoms with Gasteiger partial charge in [0.15, 0.2) is 6.29 Å². The third kappa shape index (κ3) is 4.84. The SMILES string of the molecule is CC(O)OCCCC(C)(C)C1CCC2C(C1C)C(C)C1C(C)C3(C)C(C)C(C(C)C)C(C)CC3(C)C(C)C1(C)C2C. The molecule has 0 saturated heterocycles. The van der Waals surface area contributed by atoms with E-state index in [4.69, 9.17) is 4.74 Å². The molecule has 4 saturated carbocycles. The summed E-state index contributed by atoms with van der Waals surface area (Å²) in [7, 11) is 0. The van der Waals surface area contributed by atoms with Gasteiger partial charge in [-0.2, -0.15) is 0 Å². The maximum absolute atomic E-state index is 9.57. The maximum atomic E-state index is 9.57. The van der Waals surface area contributed by atoms with Crippen LogP contribution in [-0.2, 0) is 4.74 Å². The van der Waals surface area contributed by atoms with Gasteiger partial charge in [-0.15, -0.1) is 0 Å². The Morgan fingerprint density at radius 2 is 1.46 bits per heavy atom. The van der Waals surface area contributed by atoms with Gasteiger partial charge < -0.3 is 9.84 Å². The summed E-state index contributed by atoms with van der Waals surface area (Å²) in [5, 5.41) is 9.57. The molecular formula is C39H72O2. The minimum atomic E-state index is -0.652. The average Bonchev–Trinajstić information content (AvgIpc) is 2.86. The van der Waals surface area contributed by atoms with E-state index in [-0.39, 0.29) is 0 Å². The quantitative estimate of drug-likeness (QED) is 0.243. The lowest BCUT2D eigenvalue weighted by Crippen LogP contribution is -2.72. The fraction of sp³-hybridized carbons (Fsp3) is 1.00. The summed E-state index contributed by atoms with van der Waals surface area (Å²) in [6, 6.07) is 0. The number of aliphatic hydroxyl groups excluding tert-OH is 1. The Balaban J connectivity index is 1.69. The molecule has 0 radical (unpaired) electrons. The van der Waals surface area contributed by atoms with E-state index < -0.39 is 6.29 Å². The van der Waals surface area contributed by atoms with Crippen LogP contribution in [0.5, 0.6) is 0 Å². The molecule has 0 heterocycles. The van der Waals surface area contributed by atoms with Crippen LogP contribution in [0.3, 0.4) is 0 Å². The number of hydrogen-bond donors (Lipinski definition) is 1. The third-order valence-corrected chi connectivity index (χ3v) is 16.7. The summed E-state index contributed by atoms with van der Waals surface area (Å²) in [5.41, 5.74) is 1.48. The minimum absolute atomic E-state index is 0.310. The molecule has 4 rings (SSSR count). The molecule has 4 aliphatic carbocycles. The molecule has 2 heteroatoms. The van der Waals surface area contributed by atoms with Crippen molar-refractivity contribution in [2.75, 3.05) is 6.61 Å². The summed E-state index contributed by atoms with van der Waals surface area (Å²) in [6.07, 6.45) is 5.78. The van der Waals surface area contributed by atoms with Crippen LogP contribution in [-0.4, -0.2) is 18.0 Å². The summed E-state index contributed by atoms with van der Waals surface area (Å²) in [4.78, 5) is 0. The Labute approximate surface area is 256 Å². The number of fused-ring (bicyclic) bond motifs is 3. The lowest BCUT2D eigenvalue weighted by Gasteiger charge is -2.77. The average molecular weight is 573 g/mol. The molecule has 4 fully saturated rings. The van der Waals surface area contributed by atoms with Crippen LogP contribution in [0.15, 0.2) is 0 Å². The van der Waals surface area contributed by atoms with Crippen LogP contribution >= 0.6 is 0 Å². The maximum Gasteiger partial charge on any atom is 0.151 e. The van der Waals surface area contributed by atoms with Crippen molar-refractivity contribution >= 4 is 0 Å². The second-order valence-electron chi connectivity index (χ2n) is 18.4. The van der Waals surface area contributed by atoms with Crippen LogP contribution in [0.25, 0.3) is 0 Å². The Morgan fingerprint density at radius 1 is 0.854 bits per heavy atom. The molecule has 4 aliphatic rings. The molecule has 0 aromatic rings. The van der Waals surface area contributed by atoms with Gasteiger partial charge >= 0.3 is 0 Å². The molecule has 0 bridgehead atoms. The zero-order valence-corrected chi connectivity index (χ0v) is 30.2. The van der Waals surface area contributed by atoms with Crippen LogP contribution in [0, 0.1) is 98.6 Å². The first kappa shape index (κ1) is 33.8. The van der Waals surface area contributed by atoms with Crippen LogP contribution in [0.2, 0.25) is 0 Å². The van der Waals surface area contributed by atoms with E-state index in [1.54, 1.807) is 6.92 Å². The van der Waals surface area contributed by atoms with Gasteiger partial charge in [0.25, 0.3) is 0 Å². The van der Waals surface area contributed by atoms with E-state index >= 15 is 0 Å². The van der Waals surface area contributed by atoms with Crippen LogP contribution in [0.4, 0.5) is 0 Å². The Hall–Kier alpha value is -0.0800. The van der Waals surface area contributed by atoms with Crippen molar-refractivity contribution in [3.8, 4) is 0 Å². The first-order valence-corrected chi connectivity index (χ1v) is 18.1. The molecular weight excluding hydrogens is 500 g/mol. The fourth-order valence-corrected chi connectivity index (χ4v) is 14.6. The molecule has 41 heavy (non-hydrogen) atoms. The van der Waals surface area contributed by atoms with Gasteiger partial charge in [0.05, 0.1) is 0 Å². The number of ether oxygens (including phenoxy) is 1. The first-order valence-electron chi connectivity index (χ1n) is 18.1. The van der Waals surface area contributed by atoms with Gasteiger partial charge in [0.1, 0.15) is 0 Å². The molecule has 16 atom stereocenters. The standard InChI is InChI=1S/C39H72O2/c1-22(2)33-23(3)21-37(13)29(9)38(14)26(6)31-17-18-32(36(11,12)19-16-20-41-30(10)40)24(4)34(31)25(5)35(38)28(8)39(37,15)27(33)7/h22-35,40H,16-21H2,1-15H3. The van der Waals surface area contributed by atoms with Gasteiger partial charge in [-0.3, -0.25) is 0 Å². The highest BCUT2D eigenvalue weighted by Crippen LogP contribution is 2.78. The van der Waals surface area contributed by atoms with Crippen molar-refractivity contribution in [2.24, 2.45) is 98.6 Å². The predicted octanol–water partition coefficient (Wildman–Crippen LogP) is 10.6. The van der Waals surface area contributed by atoms with Crippen molar-refractivity contribution in [1.29, 1.82) is 0 Å². The molecule has 1 N–H and O–H groups in total. The largest absolute Gasteiger partial charge is 0.368 e. The molecule has 0 aromatic heterocycles.